The number of hydrogen-bond donors (Lipinski definition) is 2. The molecule has 5 nitrogen and oxygen atoms in total. The van der Waals surface area contributed by atoms with Crippen molar-refractivity contribution in [2.45, 2.75) is 32.6 Å². The minimum atomic E-state index is -0.818. The fraction of sp³-hybridized carbons (Fsp3) is 0.867. The van der Waals surface area contributed by atoms with Crippen LogP contribution in [0.1, 0.15) is 32.6 Å². The predicted molar refractivity (Wildman–Crippen MR) is 76.2 cm³/mol. The maximum atomic E-state index is 12.3. The molecule has 1 aliphatic heterocycles. The van der Waals surface area contributed by atoms with Crippen molar-refractivity contribution in [3.05, 3.63) is 0 Å². The number of nitrogens with zero attached hydrogens (tertiary/aromatic N) is 1. The molecule has 1 aliphatic carbocycles. The predicted octanol–water partition coefficient (Wildman–Crippen LogP) is 1.19. The van der Waals surface area contributed by atoms with E-state index in [1.165, 1.54) is 0 Å². The Morgan fingerprint density at radius 2 is 1.95 bits per heavy atom. The number of nitrogens with one attached hydrogen (secondary N) is 1. The Balaban J connectivity index is 1.85. The quantitative estimate of drug-likeness (QED) is 0.795. The zero-order chi connectivity index (χ0) is 14.7. The second kappa shape index (κ2) is 6.57. The Labute approximate surface area is 120 Å². The molecule has 2 fully saturated rings. The largest absolute Gasteiger partial charge is 0.481 e. The lowest BCUT2D eigenvalue weighted by Crippen LogP contribution is -2.38. The zero-order valence-corrected chi connectivity index (χ0v) is 12.5. The summed E-state index contributed by atoms with van der Waals surface area (Å²) in [7, 11) is 2.09. The maximum absolute atomic E-state index is 12.3. The number of carbonyl (C=O) groups excluding carboxylic acids is 1. The van der Waals surface area contributed by atoms with Crippen LogP contribution in [-0.2, 0) is 9.59 Å². The van der Waals surface area contributed by atoms with Gasteiger partial charge in [0.05, 0.1) is 11.8 Å². The second-order valence-corrected chi connectivity index (χ2v) is 6.46. The van der Waals surface area contributed by atoms with Crippen molar-refractivity contribution in [3.63, 3.8) is 0 Å². The van der Waals surface area contributed by atoms with E-state index in [9.17, 15) is 14.7 Å². The molecule has 4 atom stereocenters. The smallest absolute Gasteiger partial charge is 0.307 e. The van der Waals surface area contributed by atoms with Gasteiger partial charge in [-0.3, -0.25) is 9.59 Å². The van der Waals surface area contributed by atoms with E-state index >= 15 is 0 Å². The molecular weight excluding hydrogens is 256 g/mol. The summed E-state index contributed by atoms with van der Waals surface area (Å²) in [5, 5.41) is 12.3. The first-order valence-corrected chi connectivity index (χ1v) is 7.70. The Morgan fingerprint density at radius 3 is 2.50 bits per heavy atom. The molecule has 20 heavy (non-hydrogen) atoms. The molecule has 2 N–H and O–H groups in total. The van der Waals surface area contributed by atoms with Crippen molar-refractivity contribution in [1.82, 2.24) is 10.2 Å². The first kappa shape index (κ1) is 15.3. The molecule has 1 saturated heterocycles. The summed E-state index contributed by atoms with van der Waals surface area (Å²) < 4.78 is 0. The number of rotatable bonds is 5. The molecule has 1 amide bonds. The number of carboxylic acids is 1. The van der Waals surface area contributed by atoms with Gasteiger partial charge in [-0.05, 0) is 44.7 Å². The highest BCUT2D eigenvalue weighted by atomic mass is 16.4. The van der Waals surface area contributed by atoms with Gasteiger partial charge >= 0.3 is 5.97 Å². The Bertz CT molecular complexity index is 372. The highest BCUT2D eigenvalue weighted by Gasteiger charge is 2.42. The van der Waals surface area contributed by atoms with Crippen LogP contribution in [0.3, 0.4) is 0 Å². The van der Waals surface area contributed by atoms with Crippen molar-refractivity contribution in [2.24, 2.45) is 23.7 Å². The monoisotopic (exact) mass is 282 g/mol. The van der Waals surface area contributed by atoms with Crippen LogP contribution in [0, 0.1) is 23.7 Å². The minimum Gasteiger partial charge on any atom is -0.481 e. The van der Waals surface area contributed by atoms with Crippen molar-refractivity contribution in [2.75, 3.05) is 26.7 Å². The lowest BCUT2D eigenvalue weighted by Gasteiger charge is -2.17. The van der Waals surface area contributed by atoms with Crippen LogP contribution in [0.2, 0.25) is 0 Å². The van der Waals surface area contributed by atoms with Crippen molar-refractivity contribution in [1.29, 1.82) is 0 Å². The van der Waals surface area contributed by atoms with Crippen LogP contribution in [0.4, 0.5) is 0 Å². The Hall–Kier alpha value is -1.10. The third-order valence-corrected chi connectivity index (χ3v) is 4.95. The first-order valence-electron chi connectivity index (χ1n) is 7.70. The van der Waals surface area contributed by atoms with Crippen molar-refractivity contribution in [3.8, 4) is 0 Å². The van der Waals surface area contributed by atoms with Gasteiger partial charge in [-0.1, -0.05) is 13.3 Å². The van der Waals surface area contributed by atoms with E-state index in [1.807, 2.05) is 0 Å². The fourth-order valence-corrected chi connectivity index (χ4v) is 3.61. The highest BCUT2D eigenvalue weighted by molar-refractivity contribution is 5.85. The number of hydrogen-bond acceptors (Lipinski definition) is 3. The van der Waals surface area contributed by atoms with Gasteiger partial charge in [0, 0.05) is 13.1 Å². The molecule has 5 heteroatoms. The number of carbonyl (C=O) groups is 2. The minimum absolute atomic E-state index is 0.0529. The van der Waals surface area contributed by atoms with E-state index in [-0.39, 0.29) is 11.8 Å². The average Bonchev–Trinajstić information content (AvgIpc) is 3.02. The molecule has 114 valence electrons. The average molecular weight is 282 g/mol. The van der Waals surface area contributed by atoms with Crippen LogP contribution in [0.5, 0.6) is 0 Å². The second-order valence-electron chi connectivity index (χ2n) is 6.46. The fourth-order valence-electron chi connectivity index (χ4n) is 3.61. The number of amides is 1. The van der Waals surface area contributed by atoms with E-state index in [0.717, 1.165) is 32.4 Å². The normalized spacial score (nSPS) is 34.3. The number of aliphatic carboxylic acids is 1. The molecule has 1 heterocycles. The van der Waals surface area contributed by atoms with Gasteiger partial charge in [-0.2, -0.15) is 0 Å². The summed E-state index contributed by atoms with van der Waals surface area (Å²) in [6.07, 6.45) is 3.45. The van der Waals surface area contributed by atoms with Crippen LogP contribution in [0.15, 0.2) is 0 Å². The molecule has 1 saturated carbocycles. The molecular formula is C15H26N2O3. The van der Waals surface area contributed by atoms with Gasteiger partial charge in [0.25, 0.3) is 0 Å². The van der Waals surface area contributed by atoms with E-state index in [2.05, 4.69) is 24.2 Å². The van der Waals surface area contributed by atoms with Crippen molar-refractivity contribution < 1.29 is 14.7 Å². The maximum Gasteiger partial charge on any atom is 0.307 e. The standard InChI is InChI=1S/C15H26N2O3/c1-3-10-6-12(13(7-10)15(19)20)14(18)16-8-11-4-5-17(2)9-11/h10-13H,3-9H2,1-2H3,(H,16,18)(H,19,20). The van der Waals surface area contributed by atoms with Crippen LogP contribution in [0.25, 0.3) is 0 Å². The van der Waals surface area contributed by atoms with Gasteiger partial charge in [0.15, 0.2) is 0 Å². The third kappa shape index (κ3) is 3.51. The van der Waals surface area contributed by atoms with E-state index in [0.29, 0.717) is 24.8 Å². The summed E-state index contributed by atoms with van der Waals surface area (Å²) in [6.45, 7) is 4.85. The summed E-state index contributed by atoms with van der Waals surface area (Å²) in [5.41, 5.74) is 0. The zero-order valence-electron chi connectivity index (χ0n) is 12.5. The summed E-state index contributed by atoms with van der Waals surface area (Å²) in [5.74, 6) is -0.813. The van der Waals surface area contributed by atoms with Gasteiger partial charge < -0.3 is 15.3 Å². The highest BCUT2D eigenvalue weighted by Crippen LogP contribution is 2.38. The van der Waals surface area contributed by atoms with Crippen LogP contribution >= 0.6 is 0 Å². The number of carboxylic acid groups (broad SMARTS) is 1. The SMILES string of the molecule is CCC1CC(C(=O)O)C(C(=O)NCC2CCN(C)C2)C1. The van der Waals surface area contributed by atoms with Gasteiger partial charge in [0.2, 0.25) is 5.91 Å². The molecule has 0 aromatic rings. The lowest BCUT2D eigenvalue weighted by atomic mass is 9.95. The third-order valence-electron chi connectivity index (χ3n) is 4.95. The molecule has 2 rings (SSSR count). The Morgan fingerprint density at radius 1 is 1.25 bits per heavy atom. The molecule has 0 aromatic heterocycles. The number of likely N-dealkylation sites (tertiary alicyclic amines) is 1. The van der Waals surface area contributed by atoms with E-state index in [1.54, 1.807) is 0 Å². The molecule has 0 radical (unpaired) electrons. The van der Waals surface area contributed by atoms with Gasteiger partial charge in [0.1, 0.15) is 0 Å². The summed E-state index contributed by atoms with van der Waals surface area (Å²) >= 11 is 0. The molecule has 2 aliphatic rings. The molecule has 0 aromatic carbocycles. The van der Waals surface area contributed by atoms with Gasteiger partial charge in [-0.15, -0.1) is 0 Å². The topological polar surface area (TPSA) is 69.6 Å². The summed E-state index contributed by atoms with van der Waals surface area (Å²) in [6, 6.07) is 0. The first-order chi connectivity index (χ1) is 9.51. The van der Waals surface area contributed by atoms with E-state index < -0.39 is 11.9 Å². The summed E-state index contributed by atoms with van der Waals surface area (Å²) in [4.78, 5) is 25.8. The molecule has 4 unspecified atom stereocenters. The lowest BCUT2D eigenvalue weighted by molar-refractivity contribution is -0.146. The molecule has 0 bridgehead atoms. The van der Waals surface area contributed by atoms with Crippen molar-refractivity contribution >= 4 is 11.9 Å². The van der Waals surface area contributed by atoms with Gasteiger partial charge in [-0.25, -0.2) is 0 Å². The van der Waals surface area contributed by atoms with E-state index in [4.69, 9.17) is 0 Å². The molecule has 0 spiro atoms. The Kier molecular flexibility index (Phi) is 5.02. The van der Waals surface area contributed by atoms with Crippen LogP contribution in [-0.4, -0.2) is 48.6 Å². The van der Waals surface area contributed by atoms with Crippen LogP contribution < -0.4 is 5.32 Å².